The lowest BCUT2D eigenvalue weighted by Crippen LogP contribution is -2.43. The highest BCUT2D eigenvalue weighted by atomic mass is 35.5. The standard InChI is InChI=1S/C28H31ClN2O3/c1-28(2,33)12-10-18-4-8-24-19(14-18)11-13-31(27(24)32)22-7-9-26(25(29)17-22)34-23-15-20-5-6-21(16-23)30(20)3/h4,7-9,14,17,20-21,23,33H,5-6,11,13,15-16H2,1-3H3/t20-,21+,23+. The van der Waals surface area contributed by atoms with Crippen molar-refractivity contribution >= 4 is 23.2 Å². The summed E-state index contributed by atoms with van der Waals surface area (Å²) in [7, 11) is 2.22. The number of rotatable bonds is 3. The summed E-state index contributed by atoms with van der Waals surface area (Å²) in [6.45, 7) is 3.88. The van der Waals surface area contributed by atoms with Gasteiger partial charge in [-0.15, -0.1) is 0 Å². The normalized spacial score (nSPS) is 24.4. The summed E-state index contributed by atoms with van der Waals surface area (Å²) < 4.78 is 6.31. The van der Waals surface area contributed by atoms with Gasteiger partial charge in [0.05, 0.1) is 5.02 Å². The van der Waals surface area contributed by atoms with Gasteiger partial charge in [-0.2, -0.15) is 0 Å². The molecule has 34 heavy (non-hydrogen) atoms. The SMILES string of the molecule is CN1[C@@H]2CC[C@H]1C[C@@H](Oc1ccc(N3CCc4cc(C#CC(C)(C)O)ccc4C3=O)cc1Cl)C2. The molecule has 2 aromatic rings. The molecule has 0 radical (unpaired) electrons. The highest BCUT2D eigenvalue weighted by Gasteiger charge is 2.39. The Hall–Kier alpha value is -2.52. The van der Waals surface area contributed by atoms with E-state index in [9.17, 15) is 9.90 Å². The number of carbonyl (C=O) groups excluding carboxylic acids is 1. The fourth-order valence-corrected chi connectivity index (χ4v) is 5.65. The molecule has 5 nitrogen and oxygen atoms in total. The second-order valence-corrected chi connectivity index (χ2v) is 10.7. The smallest absolute Gasteiger partial charge is 0.258 e. The Kier molecular flexibility index (Phi) is 6.10. The van der Waals surface area contributed by atoms with Crippen LogP contribution in [0.5, 0.6) is 5.75 Å². The molecule has 2 aromatic carbocycles. The third-order valence-electron chi connectivity index (χ3n) is 7.27. The molecule has 1 N–H and O–H groups in total. The predicted octanol–water partition coefficient (Wildman–Crippen LogP) is 4.67. The highest BCUT2D eigenvalue weighted by Crippen LogP contribution is 2.38. The molecule has 3 atom stereocenters. The van der Waals surface area contributed by atoms with Crippen LogP contribution in [0.4, 0.5) is 5.69 Å². The minimum absolute atomic E-state index is 0.0418. The van der Waals surface area contributed by atoms with Gasteiger partial charge in [0.2, 0.25) is 0 Å². The minimum Gasteiger partial charge on any atom is -0.489 e. The van der Waals surface area contributed by atoms with Crippen LogP contribution in [0.1, 0.15) is 61.0 Å². The second kappa shape index (κ2) is 8.92. The van der Waals surface area contributed by atoms with Gasteiger partial charge < -0.3 is 19.6 Å². The first-order valence-corrected chi connectivity index (χ1v) is 12.4. The van der Waals surface area contributed by atoms with E-state index in [0.29, 0.717) is 35.0 Å². The van der Waals surface area contributed by atoms with Crippen molar-refractivity contribution in [3.05, 3.63) is 58.1 Å². The molecule has 178 valence electrons. The molecule has 3 aliphatic rings. The van der Waals surface area contributed by atoms with Gasteiger partial charge in [0.15, 0.2) is 0 Å². The lowest BCUT2D eigenvalue weighted by molar-refractivity contribution is 0.0662. The van der Waals surface area contributed by atoms with E-state index in [-0.39, 0.29) is 12.0 Å². The number of carbonyl (C=O) groups is 1. The van der Waals surface area contributed by atoms with Gasteiger partial charge in [0.25, 0.3) is 5.91 Å². The number of halogens is 1. The molecule has 0 spiro atoms. The van der Waals surface area contributed by atoms with Crippen LogP contribution in [0, 0.1) is 11.8 Å². The van der Waals surface area contributed by atoms with Crippen LogP contribution in [0.2, 0.25) is 5.02 Å². The third-order valence-corrected chi connectivity index (χ3v) is 7.57. The van der Waals surface area contributed by atoms with Gasteiger partial charge in [-0.05, 0) is 95.0 Å². The van der Waals surface area contributed by atoms with Crippen LogP contribution < -0.4 is 9.64 Å². The fourth-order valence-electron chi connectivity index (χ4n) is 5.43. The van der Waals surface area contributed by atoms with Gasteiger partial charge in [-0.25, -0.2) is 0 Å². The van der Waals surface area contributed by atoms with Gasteiger partial charge in [-0.3, -0.25) is 4.79 Å². The molecular formula is C28H31ClN2O3. The molecule has 2 fully saturated rings. The Morgan fingerprint density at radius 1 is 1.12 bits per heavy atom. The Labute approximate surface area is 206 Å². The van der Waals surface area contributed by atoms with Crippen molar-refractivity contribution in [2.24, 2.45) is 0 Å². The van der Waals surface area contributed by atoms with Crippen LogP contribution in [0.3, 0.4) is 0 Å². The number of ether oxygens (including phenoxy) is 1. The van der Waals surface area contributed by atoms with Crippen molar-refractivity contribution in [1.29, 1.82) is 0 Å². The zero-order valence-electron chi connectivity index (χ0n) is 20.0. The summed E-state index contributed by atoms with van der Waals surface area (Å²) in [5, 5.41) is 10.4. The summed E-state index contributed by atoms with van der Waals surface area (Å²) in [4.78, 5) is 17.5. The number of fused-ring (bicyclic) bond motifs is 3. The Morgan fingerprint density at radius 2 is 1.85 bits per heavy atom. The van der Waals surface area contributed by atoms with Crippen molar-refractivity contribution < 1.29 is 14.6 Å². The number of anilines is 1. The van der Waals surface area contributed by atoms with Gasteiger partial charge >= 0.3 is 0 Å². The number of amides is 1. The van der Waals surface area contributed by atoms with E-state index in [2.05, 4.69) is 23.8 Å². The average Bonchev–Trinajstić information content (AvgIpc) is 2.99. The van der Waals surface area contributed by atoms with E-state index in [1.807, 2.05) is 36.4 Å². The number of hydrogen-bond donors (Lipinski definition) is 1. The molecule has 2 bridgehead atoms. The Balaban J connectivity index is 1.30. The number of hydrogen-bond acceptors (Lipinski definition) is 4. The summed E-state index contributed by atoms with van der Waals surface area (Å²) in [6.07, 6.45) is 5.49. The second-order valence-electron chi connectivity index (χ2n) is 10.3. The Bertz CT molecular complexity index is 1160. The lowest BCUT2D eigenvalue weighted by atomic mass is 9.96. The number of nitrogens with zero attached hydrogens (tertiary/aromatic N) is 2. The fraction of sp³-hybridized carbons (Fsp3) is 0.464. The summed E-state index contributed by atoms with van der Waals surface area (Å²) in [5.41, 5.74) is 2.19. The van der Waals surface area contributed by atoms with Crippen LogP contribution in [0.15, 0.2) is 36.4 Å². The number of piperidine rings is 1. The molecule has 0 aromatic heterocycles. The van der Waals surface area contributed by atoms with E-state index in [4.69, 9.17) is 16.3 Å². The zero-order chi connectivity index (χ0) is 24.0. The largest absolute Gasteiger partial charge is 0.489 e. The monoisotopic (exact) mass is 478 g/mol. The van der Waals surface area contributed by atoms with E-state index < -0.39 is 5.60 Å². The summed E-state index contributed by atoms with van der Waals surface area (Å²) in [5.74, 6) is 6.47. The first kappa shape index (κ1) is 23.2. The molecule has 1 amide bonds. The van der Waals surface area contributed by atoms with Crippen LogP contribution in [-0.2, 0) is 6.42 Å². The highest BCUT2D eigenvalue weighted by molar-refractivity contribution is 6.32. The predicted molar refractivity (Wildman–Crippen MR) is 135 cm³/mol. The molecule has 5 rings (SSSR count). The first-order chi connectivity index (χ1) is 16.2. The summed E-state index contributed by atoms with van der Waals surface area (Å²) in [6, 6.07) is 12.5. The molecular weight excluding hydrogens is 448 g/mol. The van der Waals surface area contributed by atoms with Gasteiger partial charge in [-0.1, -0.05) is 23.4 Å². The minimum atomic E-state index is -1.05. The maximum absolute atomic E-state index is 13.2. The number of benzene rings is 2. The lowest BCUT2D eigenvalue weighted by Gasteiger charge is -2.36. The van der Waals surface area contributed by atoms with Gasteiger partial charge in [0.1, 0.15) is 17.5 Å². The van der Waals surface area contributed by atoms with E-state index in [0.717, 1.165) is 36.1 Å². The van der Waals surface area contributed by atoms with Crippen molar-refractivity contribution in [2.45, 2.75) is 69.7 Å². The maximum Gasteiger partial charge on any atom is 0.258 e. The summed E-state index contributed by atoms with van der Waals surface area (Å²) >= 11 is 6.62. The topological polar surface area (TPSA) is 53.0 Å². The van der Waals surface area contributed by atoms with Crippen LogP contribution in [0.25, 0.3) is 0 Å². The van der Waals surface area contributed by atoms with E-state index in [1.165, 1.54) is 12.8 Å². The van der Waals surface area contributed by atoms with Crippen LogP contribution >= 0.6 is 11.6 Å². The number of aliphatic hydroxyl groups is 1. The Morgan fingerprint density at radius 3 is 2.53 bits per heavy atom. The van der Waals surface area contributed by atoms with E-state index >= 15 is 0 Å². The molecule has 0 unspecified atom stereocenters. The van der Waals surface area contributed by atoms with E-state index in [1.54, 1.807) is 18.7 Å². The maximum atomic E-state index is 13.2. The van der Waals surface area contributed by atoms with Crippen molar-refractivity contribution in [2.75, 3.05) is 18.5 Å². The third kappa shape index (κ3) is 4.68. The quantitative estimate of drug-likeness (QED) is 0.651. The van der Waals surface area contributed by atoms with Crippen molar-refractivity contribution in [3.8, 4) is 17.6 Å². The zero-order valence-corrected chi connectivity index (χ0v) is 20.7. The molecule has 2 saturated heterocycles. The molecule has 3 aliphatic heterocycles. The molecule has 6 heteroatoms. The molecule has 3 heterocycles. The average molecular weight is 479 g/mol. The van der Waals surface area contributed by atoms with Crippen molar-refractivity contribution in [1.82, 2.24) is 4.90 Å². The van der Waals surface area contributed by atoms with Crippen molar-refractivity contribution in [3.63, 3.8) is 0 Å². The first-order valence-electron chi connectivity index (χ1n) is 12.1. The van der Waals surface area contributed by atoms with Crippen LogP contribution in [-0.4, -0.2) is 53.3 Å². The molecule has 0 aliphatic carbocycles. The van der Waals surface area contributed by atoms with Gasteiger partial charge in [0, 0.05) is 35.4 Å². The molecule has 0 saturated carbocycles.